The van der Waals surface area contributed by atoms with Crippen LogP contribution in [0.1, 0.15) is 25.0 Å². The van der Waals surface area contributed by atoms with Crippen molar-refractivity contribution >= 4 is 29.2 Å². The van der Waals surface area contributed by atoms with Gasteiger partial charge in [-0.25, -0.2) is 15.0 Å². The van der Waals surface area contributed by atoms with Crippen LogP contribution in [-0.2, 0) is 0 Å². The topological polar surface area (TPSA) is 116 Å². The average Bonchev–Trinajstić information content (AvgIpc) is 2.72. The Morgan fingerprint density at radius 3 is 2.47 bits per heavy atom. The van der Waals surface area contributed by atoms with Crippen LogP contribution in [-0.4, -0.2) is 39.0 Å². The van der Waals surface area contributed by atoms with Crippen LogP contribution in [0, 0.1) is 17.3 Å². The van der Waals surface area contributed by atoms with Gasteiger partial charge in [-0.3, -0.25) is 0 Å². The lowest BCUT2D eigenvalue weighted by Gasteiger charge is -2.12. The van der Waals surface area contributed by atoms with E-state index in [1.54, 1.807) is 57.5 Å². The van der Waals surface area contributed by atoms with E-state index < -0.39 is 5.60 Å². The molecule has 2 aromatic heterocycles. The minimum absolute atomic E-state index is 0.454. The lowest BCUT2D eigenvalue weighted by Crippen LogP contribution is -2.14. The van der Waals surface area contributed by atoms with Crippen molar-refractivity contribution in [2.24, 2.45) is 0 Å². The maximum absolute atomic E-state index is 9.81. The summed E-state index contributed by atoms with van der Waals surface area (Å²) in [5, 5.41) is 23.8. The maximum atomic E-state index is 9.81. The zero-order chi connectivity index (χ0) is 21.6. The molecule has 2 heterocycles. The highest BCUT2D eigenvalue weighted by molar-refractivity contribution is 5.87. The third kappa shape index (κ3) is 5.53. The van der Waals surface area contributed by atoms with Gasteiger partial charge in [0.05, 0.1) is 7.11 Å². The maximum Gasteiger partial charge on any atom is 0.237 e. The average molecular weight is 402 g/mol. The van der Waals surface area contributed by atoms with E-state index in [1.807, 2.05) is 6.07 Å². The molecule has 152 valence electrons. The molecule has 0 fully saturated rings. The number of anilines is 4. The third-order valence-corrected chi connectivity index (χ3v) is 3.88. The second-order valence-corrected chi connectivity index (χ2v) is 6.85. The fourth-order valence-corrected chi connectivity index (χ4v) is 2.51. The molecule has 0 spiro atoms. The second kappa shape index (κ2) is 9.03. The van der Waals surface area contributed by atoms with Gasteiger partial charge in [-0.05, 0) is 38.1 Å². The molecule has 0 saturated heterocycles. The van der Waals surface area contributed by atoms with Gasteiger partial charge in [-0.2, -0.15) is 0 Å². The number of nitrogens with zero attached hydrogens (tertiary/aromatic N) is 3. The summed E-state index contributed by atoms with van der Waals surface area (Å²) in [6.07, 6.45) is 4.32. The van der Waals surface area contributed by atoms with E-state index in [0.717, 1.165) is 0 Å². The normalized spacial score (nSPS) is 10.5. The Morgan fingerprint density at radius 1 is 1.07 bits per heavy atom. The van der Waals surface area contributed by atoms with Crippen LogP contribution in [0.3, 0.4) is 0 Å². The van der Waals surface area contributed by atoms with Crippen molar-refractivity contribution in [2.75, 3.05) is 17.7 Å². The second-order valence-electron chi connectivity index (χ2n) is 6.85. The van der Waals surface area contributed by atoms with Crippen molar-refractivity contribution in [1.82, 2.24) is 15.0 Å². The Bertz CT molecular complexity index is 1110. The number of benzene rings is 1. The molecule has 0 saturated carbocycles. The Hall–Kier alpha value is -3.96. The molecule has 0 aliphatic rings. The number of ether oxygens (including phenoxy) is 1. The van der Waals surface area contributed by atoms with Crippen molar-refractivity contribution < 1.29 is 9.84 Å². The molecule has 0 atom stereocenters. The molecule has 0 radical (unpaired) electrons. The van der Waals surface area contributed by atoms with Gasteiger partial charge < -0.3 is 25.9 Å². The van der Waals surface area contributed by atoms with Crippen LogP contribution in [0.15, 0.2) is 48.9 Å². The summed E-state index contributed by atoms with van der Waals surface area (Å²) in [4.78, 5) is 12.6. The fourth-order valence-electron chi connectivity index (χ4n) is 2.51. The lowest BCUT2D eigenvalue weighted by molar-refractivity contribution is 0.143. The summed E-state index contributed by atoms with van der Waals surface area (Å²) in [6.45, 7) is 3.25. The molecule has 4 N–H and O–H groups in total. The molecule has 3 rings (SSSR count). The molecule has 0 aliphatic heterocycles. The van der Waals surface area contributed by atoms with Gasteiger partial charge in [0.1, 0.15) is 29.3 Å². The van der Waals surface area contributed by atoms with Crippen molar-refractivity contribution in [1.29, 1.82) is 5.41 Å². The Kier molecular flexibility index (Phi) is 6.25. The number of rotatable bonds is 6. The highest BCUT2D eigenvalue weighted by atomic mass is 16.5. The van der Waals surface area contributed by atoms with Crippen LogP contribution >= 0.6 is 0 Å². The van der Waals surface area contributed by atoms with Crippen molar-refractivity contribution in [2.45, 2.75) is 19.4 Å². The summed E-state index contributed by atoms with van der Waals surface area (Å²) in [5.41, 5.74) is 1.63. The highest BCUT2D eigenvalue weighted by Crippen LogP contribution is 2.26. The van der Waals surface area contributed by atoms with Crippen LogP contribution in [0.4, 0.5) is 23.0 Å². The van der Waals surface area contributed by atoms with Gasteiger partial charge in [-0.15, -0.1) is 0 Å². The first kappa shape index (κ1) is 20.8. The van der Waals surface area contributed by atoms with E-state index in [0.29, 0.717) is 40.0 Å². The molecule has 8 heteroatoms. The van der Waals surface area contributed by atoms with Crippen molar-refractivity contribution in [3.63, 3.8) is 0 Å². The van der Waals surface area contributed by atoms with Gasteiger partial charge in [-0.1, -0.05) is 17.9 Å². The summed E-state index contributed by atoms with van der Waals surface area (Å²) >= 11 is 0. The van der Waals surface area contributed by atoms with Gasteiger partial charge >= 0.3 is 0 Å². The number of hydrogen-bond donors (Lipinski definition) is 4. The lowest BCUT2D eigenvalue weighted by atomic mass is 10.1. The number of hydrogen-bond acceptors (Lipinski definition) is 8. The van der Waals surface area contributed by atoms with Crippen molar-refractivity contribution in [3.05, 3.63) is 60.0 Å². The molecule has 3 aromatic rings. The fraction of sp³-hybridized carbons (Fsp3) is 0.182. The summed E-state index contributed by atoms with van der Waals surface area (Å²) in [7, 11) is 1.55. The first-order chi connectivity index (χ1) is 14.4. The molecule has 0 unspecified atom stereocenters. The van der Waals surface area contributed by atoms with E-state index in [1.165, 1.54) is 12.5 Å². The molecule has 0 aliphatic carbocycles. The Balaban J connectivity index is 1.86. The number of aromatic nitrogens is 3. The van der Waals surface area contributed by atoms with E-state index in [-0.39, 0.29) is 0 Å². The number of nitrogens with one attached hydrogen (secondary N) is 3. The molecule has 30 heavy (non-hydrogen) atoms. The van der Waals surface area contributed by atoms with E-state index in [2.05, 4.69) is 37.4 Å². The number of aliphatic hydroxyl groups is 1. The van der Waals surface area contributed by atoms with Crippen LogP contribution in [0.25, 0.3) is 0 Å². The standard InChI is InChI=1S/C22H22N6O2/c1-22(2,29)9-8-15-6-7-16(13-23)18(11-15)28-20-12-19(25-14-26-20)27-17-5-4-10-24-21(17)30-3/h4-7,10-14,23,29H,1-3H3,(H2,25,26,27,28). The van der Waals surface area contributed by atoms with Crippen LogP contribution in [0.2, 0.25) is 0 Å². The van der Waals surface area contributed by atoms with Crippen molar-refractivity contribution in [3.8, 4) is 17.7 Å². The third-order valence-electron chi connectivity index (χ3n) is 3.88. The van der Waals surface area contributed by atoms with Gasteiger partial charge in [0, 0.05) is 35.3 Å². The largest absolute Gasteiger partial charge is 0.480 e. The number of methoxy groups -OCH3 is 1. The van der Waals surface area contributed by atoms with E-state index in [9.17, 15) is 5.11 Å². The molecular formula is C22H22N6O2. The van der Waals surface area contributed by atoms with E-state index in [4.69, 9.17) is 10.1 Å². The predicted octanol–water partition coefficient (Wildman–Crippen LogP) is 3.49. The quantitative estimate of drug-likeness (QED) is 0.368. The van der Waals surface area contributed by atoms with Crippen LogP contribution < -0.4 is 15.4 Å². The summed E-state index contributed by atoms with van der Waals surface area (Å²) < 4.78 is 5.25. The molecular weight excluding hydrogens is 380 g/mol. The minimum Gasteiger partial charge on any atom is -0.480 e. The smallest absolute Gasteiger partial charge is 0.237 e. The Morgan fingerprint density at radius 2 is 1.80 bits per heavy atom. The van der Waals surface area contributed by atoms with Gasteiger partial charge in [0.25, 0.3) is 0 Å². The summed E-state index contributed by atoms with van der Waals surface area (Å²) in [6, 6.07) is 10.7. The first-order valence-electron chi connectivity index (χ1n) is 9.13. The van der Waals surface area contributed by atoms with Gasteiger partial charge in [0.2, 0.25) is 5.88 Å². The highest BCUT2D eigenvalue weighted by Gasteiger charge is 2.09. The predicted molar refractivity (Wildman–Crippen MR) is 117 cm³/mol. The molecule has 0 amide bonds. The Labute approximate surface area is 174 Å². The molecule has 1 aromatic carbocycles. The summed E-state index contributed by atoms with van der Waals surface area (Å²) in [5.74, 6) is 7.26. The van der Waals surface area contributed by atoms with E-state index >= 15 is 0 Å². The first-order valence-corrected chi connectivity index (χ1v) is 9.13. The number of pyridine rings is 1. The molecule has 0 bridgehead atoms. The monoisotopic (exact) mass is 402 g/mol. The van der Waals surface area contributed by atoms with Crippen LogP contribution in [0.5, 0.6) is 5.88 Å². The minimum atomic E-state index is -1.09. The SMILES string of the molecule is COc1ncccc1Nc1cc(Nc2cc(C#CC(C)(C)O)ccc2C=N)ncn1. The van der Waals surface area contributed by atoms with Gasteiger partial charge in [0.15, 0.2) is 0 Å². The zero-order valence-electron chi connectivity index (χ0n) is 16.9. The zero-order valence-corrected chi connectivity index (χ0v) is 16.9. The molecule has 8 nitrogen and oxygen atoms in total.